The van der Waals surface area contributed by atoms with Crippen LogP contribution >= 0.6 is 22.7 Å². The van der Waals surface area contributed by atoms with E-state index in [1.54, 1.807) is 27.0 Å². The fraction of sp³-hybridized carbons (Fsp3) is 0.514. The molecule has 0 bridgehead atoms. The Morgan fingerprint density at radius 1 is 1.08 bits per heavy atom. The van der Waals surface area contributed by atoms with Gasteiger partial charge in [0, 0.05) is 24.4 Å². The Hall–Kier alpha value is -4.30. The summed E-state index contributed by atoms with van der Waals surface area (Å²) in [6.45, 7) is 9.12. The lowest BCUT2D eigenvalue weighted by atomic mass is 9.88. The Morgan fingerprint density at radius 2 is 1.78 bits per heavy atom. The summed E-state index contributed by atoms with van der Waals surface area (Å²) < 4.78 is 6.89. The molecule has 5 heterocycles. The van der Waals surface area contributed by atoms with E-state index in [1.165, 1.54) is 32.3 Å². The van der Waals surface area contributed by atoms with Crippen LogP contribution in [0.15, 0.2) is 56.8 Å². The van der Waals surface area contributed by atoms with Crippen LogP contribution in [0, 0.1) is 17.8 Å². The number of amides is 3. The van der Waals surface area contributed by atoms with Gasteiger partial charge in [-0.3, -0.25) is 14.4 Å². The number of rotatable bonds is 5. The van der Waals surface area contributed by atoms with Crippen molar-refractivity contribution in [3.05, 3.63) is 62.4 Å². The molecule has 3 aliphatic rings. The van der Waals surface area contributed by atoms with Crippen molar-refractivity contribution in [1.82, 2.24) is 25.3 Å². The lowest BCUT2D eigenvalue weighted by molar-refractivity contribution is -0.146. The highest BCUT2D eigenvalue weighted by molar-refractivity contribution is 7.08. The van der Waals surface area contributed by atoms with E-state index in [9.17, 15) is 29.1 Å². The topological polar surface area (TPSA) is 160 Å². The van der Waals surface area contributed by atoms with Gasteiger partial charge < -0.3 is 25.4 Å². The molecule has 6 rings (SSSR count). The first-order valence-corrected chi connectivity index (χ1v) is 19.3. The molecule has 3 N–H and O–H groups in total. The van der Waals surface area contributed by atoms with Gasteiger partial charge in [0.25, 0.3) is 5.56 Å². The highest BCUT2D eigenvalue weighted by Crippen LogP contribution is 2.46. The normalized spacial score (nSPS) is 29.2. The zero-order chi connectivity index (χ0) is 36.7. The SMILES string of the molecule is CC1CC/C=C\C2CC2(C(=O)O)NC(=O)[C@@H]2C[C@@H](n3ncc(-c4ccsc4)c(-c4ccsc4)c3=O)CN2C(=O)[C@@H](NC(=O)OC(C)(C)C)C(C)C1. The van der Waals surface area contributed by atoms with Crippen LogP contribution in [-0.2, 0) is 19.1 Å². The number of allylic oxidation sites excluding steroid dienone is 1. The van der Waals surface area contributed by atoms with E-state index < -0.39 is 53.1 Å². The van der Waals surface area contributed by atoms with Gasteiger partial charge in [-0.2, -0.15) is 27.8 Å². The molecule has 3 aromatic rings. The molecule has 12 nitrogen and oxygen atoms in total. The number of carboxylic acids is 1. The van der Waals surface area contributed by atoms with Crippen LogP contribution in [0.25, 0.3) is 22.3 Å². The molecule has 2 aliphatic heterocycles. The standard InChI is InChI=1S/C37H45N5O7S2/c1-21-8-6-7-9-25-16-37(25,34(46)47)40-31(43)28-15-26(18-41(28)33(45)30(22(2)14-21)39-35(48)49-36(3,4)5)42-32(44)29(24-11-13-51-20-24)27(17-38-42)23-10-12-50-19-23/h7,9-13,17,19-22,25-26,28,30H,6,8,14-16,18H2,1-5H3,(H,39,48)(H,40,43)(H,46,47)/b9-7-/t21?,22?,25?,26-,28+,30+,37?/m1/s1. The molecule has 0 aromatic carbocycles. The Balaban J connectivity index is 1.41. The van der Waals surface area contributed by atoms with E-state index in [2.05, 4.69) is 22.7 Å². The molecule has 3 aromatic heterocycles. The molecule has 1 saturated carbocycles. The summed E-state index contributed by atoms with van der Waals surface area (Å²) in [5.74, 6) is -2.83. The van der Waals surface area contributed by atoms with Gasteiger partial charge in [-0.1, -0.05) is 26.0 Å². The number of nitrogens with one attached hydrogen (secondary N) is 2. The second-order valence-electron chi connectivity index (χ2n) is 15.1. The van der Waals surface area contributed by atoms with Gasteiger partial charge >= 0.3 is 12.1 Å². The van der Waals surface area contributed by atoms with Crippen molar-refractivity contribution in [3.63, 3.8) is 0 Å². The summed E-state index contributed by atoms with van der Waals surface area (Å²) in [7, 11) is 0. The van der Waals surface area contributed by atoms with E-state index in [4.69, 9.17) is 4.74 Å². The summed E-state index contributed by atoms with van der Waals surface area (Å²) in [5, 5.41) is 28.1. The van der Waals surface area contributed by atoms with E-state index in [0.717, 1.165) is 17.5 Å². The number of carbonyl (C=O) groups excluding carboxylic acids is 3. The highest BCUT2D eigenvalue weighted by Gasteiger charge is 2.61. The number of aromatic nitrogens is 2. The maximum absolute atomic E-state index is 14.7. The van der Waals surface area contributed by atoms with Crippen molar-refractivity contribution in [2.24, 2.45) is 17.8 Å². The van der Waals surface area contributed by atoms with Crippen LogP contribution in [-0.4, -0.2) is 73.4 Å². The average molecular weight is 736 g/mol. The number of carbonyl (C=O) groups is 4. The van der Waals surface area contributed by atoms with Gasteiger partial charge in [0.15, 0.2) is 0 Å². The molecule has 51 heavy (non-hydrogen) atoms. The minimum Gasteiger partial charge on any atom is -0.479 e. The predicted octanol–water partition coefficient (Wildman–Crippen LogP) is 5.71. The molecule has 14 heteroatoms. The van der Waals surface area contributed by atoms with Crippen LogP contribution in [0.1, 0.15) is 72.8 Å². The van der Waals surface area contributed by atoms with Gasteiger partial charge in [0.1, 0.15) is 23.2 Å². The van der Waals surface area contributed by atoms with Crippen molar-refractivity contribution in [2.75, 3.05) is 6.54 Å². The van der Waals surface area contributed by atoms with E-state index >= 15 is 0 Å². The van der Waals surface area contributed by atoms with Crippen molar-refractivity contribution in [1.29, 1.82) is 0 Å². The zero-order valence-corrected chi connectivity index (χ0v) is 31.1. The minimum atomic E-state index is -1.49. The van der Waals surface area contributed by atoms with E-state index in [0.29, 0.717) is 24.0 Å². The Kier molecular flexibility index (Phi) is 10.3. The number of thiophene rings is 2. The number of fused-ring (bicyclic) bond motifs is 2. The van der Waals surface area contributed by atoms with Crippen LogP contribution in [0.5, 0.6) is 0 Å². The van der Waals surface area contributed by atoms with Gasteiger partial charge in [0.05, 0.1) is 17.8 Å². The molecular formula is C37H45N5O7S2. The monoisotopic (exact) mass is 735 g/mol. The Labute approximate surface area is 304 Å². The van der Waals surface area contributed by atoms with Crippen LogP contribution in [0.3, 0.4) is 0 Å². The predicted molar refractivity (Wildman–Crippen MR) is 195 cm³/mol. The van der Waals surface area contributed by atoms with Gasteiger partial charge in [-0.15, -0.1) is 0 Å². The van der Waals surface area contributed by atoms with Gasteiger partial charge in [0.2, 0.25) is 11.8 Å². The van der Waals surface area contributed by atoms with Gasteiger partial charge in [-0.25, -0.2) is 14.3 Å². The number of alkyl carbamates (subject to hydrolysis) is 1. The zero-order valence-electron chi connectivity index (χ0n) is 29.5. The van der Waals surface area contributed by atoms with Crippen molar-refractivity contribution in [3.8, 4) is 22.3 Å². The maximum Gasteiger partial charge on any atom is 0.408 e. The lowest BCUT2D eigenvalue weighted by Crippen LogP contribution is -2.58. The fourth-order valence-electron chi connectivity index (χ4n) is 7.39. The largest absolute Gasteiger partial charge is 0.479 e. The molecular weight excluding hydrogens is 691 g/mol. The molecule has 272 valence electrons. The van der Waals surface area contributed by atoms with E-state index in [1.807, 2.05) is 52.7 Å². The quantitative estimate of drug-likeness (QED) is 0.281. The summed E-state index contributed by atoms with van der Waals surface area (Å²) in [6.07, 6.45) is 7.08. The van der Waals surface area contributed by atoms with E-state index in [-0.39, 0.29) is 42.7 Å². The van der Waals surface area contributed by atoms with Crippen LogP contribution in [0.4, 0.5) is 4.79 Å². The minimum absolute atomic E-state index is 0.0193. The third-order valence-electron chi connectivity index (χ3n) is 10.1. The van der Waals surface area contributed by atoms with Crippen LogP contribution in [0.2, 0.25) is 0 Å². The number of aliphatic carboxylic acids is 1. The second-order valence-corrected chi connectivity index (χ2v) is 16.7. The number of nitrogens with zero attached hydrogens (tertiary/aromatic N) is 3. The number of ether oxygens (including phenoxy) is 1. The summed E-state index contributed by atoms with van der Waals surface area (Å²) in [6, 6.07) is 0.910. The summed E-state index contributed by atoms with van der Waals surface area (Å²) >= 11 is 2.97. The molecule has 2 fully saturated rings. The fourth-order valence-corrected chi connectivity index (χ4v) is 8.69. The first-order valence-electron chi connectivity index (χ1n) is 17.4. The number of hydrogen-bond acceptors (Lipinski definition) is 9. The molecule has 7 atom stereocenters. The smallest absolute Gasteiger partial charge is 0.408 e. The molecule has 0 spiro atoms. The lowest BCUT2D eigenvalue weighted by Gasteiger charge is -2.33. The second kappa shape index (κ2) is 14.4. The summed E-state index contributed by atoms with van der Waals surface area (Å²) in [5.41, 5.74) is 0.0791. The molecule has 1 saturated heterocycles. The number of hydrogen-bond donors (Lipinski definition) is 3. The van der Waals surface area contributed by atoms with Crippen molar-refractivity contribution >= 4 is 46.6 Å². The van der Waals surface area contributed by atoms with Crippen molar-refractivity contribution < 1.29 is 29.0 Å². The maximum atomic E-state index is 14.7. The summed E-state index contributed by atoms with van der Waals surface area (Å²) in [4.78, 5) is 70.3. The Morgan fingerprint density at radius 3 is 2.43 bits per heavy atom. The van der Waals surface area contributed by atoms with Gasteiger partial charge in [-0.05, 0) is 103 Å². The highest BCUT2D eigenvalue weighted by atomic mass is 32.1. The first kappa shape index (κ1) is 36.5. The average Bonchev–Trinajstić information content (AvgIpc) is 3.58. The molecule has 4 unspecified atom stereocenters. The third kappa shape index (κ3) is 7.67. The molecule has 3 amide bonds. The van der Waals surface area contributed by atoms with Crippen molar-refractivity contribution in [2.45, 2.75) is 96.0 Å². The molecule has 1 aliphatic carbocycles. The van der Waals surface area contributed by atoms with Crippen LogP contribution < -0.4 is 16.2 Å². The number of carboxylic acid groups (broad SMARTS) is 1. The molecule has 0 radical (unpaired) electrons. The third-order valence-corrected chi connectivity index (χ3v) is 11.4. The Bertz CT molecular complexity index is 1870. The first-order chi connectivity index (χ1) is 24.2.